The number of nitrogens with zero attached hydrogens (tertiary/aromatic N) is 2. The Morgan fingerprint density at radius 3 is 2.21 bits per heavy atom. The summed E-state index contributed by atoms with van der Waals surface area (Å²) in [6.45, 7) is 1.84. The van der Waals surface area contributed by atoms with E-state index < -0.39 is 0 Å². The summed E-state index contributed by atoms with van der Waals surface area (Å²) >= 11 is 3.35. The number of halogens is 1. The summed E-state index contributed by atoms with van der Waals surface area (Å²) in [4.78, 5) is 0. The minimum Gasteiger partial charge on any atom is -0.369 e. The van der Waals surface area contributed by atoms with Crippen LogP contribution in [0, 0.1) is 0 Å². The summed E-state index contributed by atoms with van der Waals surface area (Å²) in [6.07, 6.45) is 0. The second-order valence-electron chi connectivity index (χ2n) is 2.72. The lowest BCUT2D eigenvalue weighted by Gasteiger charge is -1.98. The van der Waals surface area contributed by atoms with Gasteiger partial charge in [0.25, 0.3) is 0 Å². The molecule has 5 heteroatoms. The fourth-order valence-electron chi connectivity index (χ4n) is 0.882. The second kappa shape index (κ2) is 4.76. The van der Waals surface area contributed by atoms with Gasteiger partial charge in [-0.15, -0.1) is 5.10 Å². The van der Waals surface area contributed by atoms with Crippen LogP contribution in [0.5, 0.6) is 0 Å². The molecule has 4 nitrogen and oxygen atoms in total. The number of rotatable bonds is 2. The third-order valence-electron chi connectivity index (χ3n) is 1.58. The van der Waals surface area contributed by atoms with Gasteiger partial charge in [0.15, 0.2) is 0 Å². The molecule has 0 heterocycles. The SMILES string of the molecule is CC(=NN=C(N)N)c1ccc(Br)cc1. The average molecular weight is 255 g/mol. The highest BCUT2D eigenvalue weighted by Crippen LogP contribution is 2.11. The molecule has 4 N–H and O–H groups in total. The maximum atomic E-state index is 5.16. The van der Waals surface area contributed by atoms with Crippen molar-refractivity contribution >= 4 is 27.6 Å². The smallest absolute Gasteiger partial charge is 0.211 e. The molecule has 0 spiro atoms. The molecule has 0 saturated heterocycles. The summed E-state index contributed by atoms with van der Waals surface area (Å²) in [5.41, 5.74) is 12.1. The van der Waals surface area contributed by atoms with Gasteiger partial charge in [0, 0.05) is 4.47 Å². The normalized spacial score (nSPS) is 11.1. The first-order valence-corrected chi connectivity index (χ1v) is 4.78. The van der Waals surface area contributed by atoms with Crippen molar-refractivity contribution < 1.29 is 0 Å². The Balaban J connectivity index is 2.89. The monoisotopic (exact) mass is 254 g/mol. The topological polar surface area (TPSA) is 76.8 Å². The minimum atomic E-state index is -0.0403. The van der Waals surface area contributed by atoms with Gasteiger partial charge in [0.05, 0.1) is 5.71 Å². The van der Waals surface area contributed by atoms with Gasteiger partial charge in [-0.3, -0.25) is 0 Å². The predicted molar refractivity (Wildman–Crippen MR) is 62.2 cm³/mol. The summed E-state index contributed by atoms with van der Waals surface area (Å²) in [6, 6.07) is 7.74. The van der Waals surface area contributed by atoms with Gasteiger partial charge in [-0.25, -0.2) is 0 Å². The van der Waals surface area contributed by atoms with Crippen molar-refractivity contribution in [2.24, 2.45) is 21.7 Å². The zero-order valence-electron chi connectivity index (χ0n) is 7.74. The molecule has 0 bridgehead atoms. The quantitative estimate of drug-likeness (QED) is 0.476. The van der Waals surface area contributed by atoms with Crippen molar-refractivity contribution in [3.63, 3.8) is 0 Å². The standard InChI is InChI=1S/C9H11BrN4/c1-6(13-14-9(11)12)7-2-4-8(10)5-3-7/h2-5H,1H3,(H4,11,12,14). The van der Waals surface area contributed by atoms with E-state index in [1.54, 1.807) is 0 Å². The molecule has 0 aliphatic rings. The van der Waals surface area contributed by atoms with E-state index in [1.165, 1.54) is 0 Å². The lowest BCUT2D eigenvalue weighted by molar-refractivity contribution is 1.20. The van der Waals surface area contributed by atoms with Gasteiger partial charge in [-0.05, 0) is 24.6 Å². The summed E-state index contributed by atoms with van der Waals surface area (Å²) in [7, 11) is 0. The third-order valence-corrected chi connectivity index (χ3v) is 2.11. The first-order valence-electron chi connectivity index (χ1n) is 3.98. The minimum absolute atomic E-state index is 0.0403. The van der Waals surface area contributed by atoms with E-state index >= 15 is 0 Å². The molecule has 0 amide bonds. The van der Waals surface area contributed by atoms with Crippen molar-refractivity contribution in [1.82, 2.24) is 0 Å². The van der Waals surface area contributed by atoms with Crippen LogP contribution in [0.4, 0.5) is 0 Å². The molecule has 1 aromatic rings. The fourth-order valence-corrected chi connectivity index (χ4v) is 1.15. The number of nitrogens with two attached hydrogens (primary N) is 2. The van der Waals surface area contributed by atoms with Crippen LogP contribution in [-0.2, 0) is 0 Å². The molecule has 0 aliphatic heterocycles. The number of hydrogen-bond donors (Lipinski definition) is 2. The second-order valence-corrected chi connectivity index (χ2v) is 3.63. The van der Waals surface area contributed by atoms with Crippen LogP contribution in [0.2, 0.25) is 0 Å². The predicted octanol–water partition coefficient (Wildman–Crippen LogP) is 1.45. The lowest BCUT2D eigenvalue weighted by Crippen LogP contribution is -2.22. The van der Waals surface area contributed by atoms with Crippen LogP contribution in [0.1, 0.15) is 12.5 Å². The highest BCUT2D eigenvalue weighted by atomic mass is 79.9. The molecule has 1 aromatic carbocycles. The van der Waals surface area contributed by atoms with Gasteiger partial charge in [0.1, 0.15) is 0 Å². The van der Waals surface area contributed by atoms with Gasteiger partial charge in [-0.2, -0.15) is 5.10 Å². The van der Waals surface area contributed by atoms with Gasteiger partial charge in [0.2, 0.25) is 5.96 Å². The molecular weight excluding hydrogens is 244 g/mol. The van der Waals surface area contributed by atoms with E-state index in [0.29, 0.717) is 0 Å². The molecule has 0 atom stereocenters. The molecule has 0 unspecified atom stereocenters. The molecule has 74 valence electrons. The Morgan fingerprint density at radius 1 is 1.14 bits per heavy atom. The Bertz CT molecular complexity index is 363. The highest BCUT2D eigenvalue weighted by Gasteiger charge is 1.96. The number of benzene rings is 1. The van der Waals surface area contributed by atoms with E-state index in [4.69, 9.17) is 11.5 Å². The Kier molecular flexibility index (Phi) is 3.64. The van der Waals surface area contributed by atoms with E-state index in [0.717, 1.165) is 15.7 Å². The van der Waals surface area contributed by atoms with Crippen molar-refractivity contribution in [1.29, 1.82) is 0 Å². The van der Waals surface area contributed by atoms with Gasteiger partial charge in [-0.1, -0.05) is 28.1 Å². The molecule has 1 rings (SSSR count). The Morgan fingerprint density at radius 2 is 1.71 bits per heavy atom. The summed E-state index contributed by atoms with van der Waals surface area (Å²) in [5, 5.41) is 7.43. The fraction of sp³-hybridized carbons (Fsp3) is 0.111. The zero-order chi connectivity index (χ0) is 10.6. The van der Waals surface area contributed by atoms with E-state index in [-0.39, 0.29) is 5.96 Å². The first kappa shape index (κ1) is 10.7. The van der Waals surface area contributed by atoms with Crippen LogP contribution < -0.4 is 11.5 Å². The van der Waals surface area contributed by atoms with Crippen molar-refractivity contribution in [2.75, 3.05) is 0 Å². The lowest BCUT2D eigenvalue weighted by atomic mass is 10.1. The Labute approximate surface area is 90.8 Å². The van der Waals surface area contributed by atoms with Crippen molar-refractivity contribution in [3.8, 4) is 0 Å². The first-order chi connectivity index (χ1) is 6.59. The van der Waals surface area contributed by atoms with Crippen molar-refractivity contribution in [3.05, 3.63) is 34.3 Å². The van der Waals surface area contributed by atoms with Crippen LogP contribution in [-0.4, -0.2) is 11.7 Å². The van der Waals surface area contributed by atoms with E-state index in [1.807, 2.05) is 31.2 Å². The average Bonchev–Trinajstić information content (AvgIpc) is 2.15. The largest absolute Gasteiger partial charge is 0.369 e. The maximum absolute atomic E-state index is 5.16. The zero-order valence-corrected chi connectivity index (χ0v) is 9.32. The molecule has 14 heavy (non-hydrogen) atoms. The molecule has 0 radical (unpaired) electrons. The van der Waals surface area contributed by atoms with Crippen LogP contribution in [0.15, 0.2) is 38.9 Å². The molecular formula is C9H11BrN4. The summed E-state index contributed by atoms with van der Waals surface area (Å²) in [5.74, 6) is -0.0403. The van der Waals surface area contributed by atoms with Crippen molar-refractivity contribution in [2.45, 2.75) is 6.92 Å². The van der Waals surface area contributed by atoms with Gasteiger partial charge >= 0.3 is 0 Å². The van der Waals surface area contributed by atoms with E-state index in [2.05, 4.69) is 26.1 Å². The molecule has 0 saturated carbocycles. The number of hydrogen-bond acceptors (Lipinski definition) is 2. The van der Waals surface area contributed by atoms with Crippen LogP contribution >= 0.6 is 15.9 Å². The molecule has 0 aliphatic carbocycles. The molecule has 0 fully saturated rings. The van der Waals surface area contributed by atoms with Crippen LogP contribution in [0.3, 0.4) is 0 Å². The third kappa shape index (κ3) is 3.18. The van der Waals surface area contributed by atoms with Gasteiger partial charge < -0.3 is 11.5 Å². The molecule has 0 aromatic heterocycles. The Hall–Kier alpha value is -1.36. The highest BCUT2D eigenvalue weighted by molar-refractivity contribution is 9.10. The van der Waals surface area contributed by atoms with Crippen LogP contribution in [0.25, 0.3) is 0 Å². The number of guanidine groups is 1. The van der Waals surface area contributed by atoms with E-state index in [9.17, 15) is 0 Å². The summed E-state index contributed by atoms with van der Waals surface area (Å²) < 4.78 is 1.02. The maximum Gasteiger partial charge on any atom is 0.211 e.